The van der Waals surface area contributed by atoms with Crippen molar-refractivity contribution in [2.24, 2.45) is 11.7 Å². The SMILES string of the molecule is NC(=O)N1CCC[C@H](C(=O)NC2c3ccccc3-c3ccccc32)C1. The molecule has 3 amide bonds. The standard InChI is InChI=1S/C20H21N3O2/c21-20(25)23-11-5-6-13(12-23)19(24)22-18-16-9-3-1-7-14(16)15-8-2-4-10-17(15)18/h1-4,7-10,13,18H,5-6,11-12H2,(H2,21,25)(H,22,24)/t13-/m0/s1. The van der Waals surface area contributed by atoms with E-state index >= 15 is 0 Å². The second-order valence-corrected chi connectivity index (χ2v) is 6.74. The second-order valence-electron chi connectivity index (χ2n) is 6.74. The van der Waals surface area contributed by atoms with Crippen LogP contribution >= 0.6 is 0 Å². The number of likely N-dealkylation sites (tertiary alicyclic amines) is 1. The molecule has 1 heterocycles. The number of primary amides is 1. The number of fused-ring (bicyclic) bond motifs is 3. The Balaban J connectivity index is 1.58. The lowest BCUT2D eigenvalue weighted by Gasteiger charge is -2.31. The third-order valence-corrected chi connectivity index (χ3v) is 5.22. The van der Waals surface area contributed by atoms with Crippen molar-refractivity contribution in [3.63, 3.8) is 0 Å². The van der Waals surface area contributed by atoms with Crippen LogP contribution in [0, 0.1) is 5.92 Å². The van der Waals surface area contributed by atoms with Gasteiger partial charge >= 0.3 is 6.03 Å². The number of hydrogen-bond acceptors (Lipinski definition) is 2. The van der Waals surface area contributed by atoms with Gasteiger partial charge in [-0.15, -0.1) is 0 Å². The molecule has 0 saturated carbocycles. The fraction of sp³-hybridized carbons (Fsp3) is 0.300. The molecule has 1 fully saturated rings. The maximum atomic E-state index is 12.9. The van der Waals surface area contributed by atoms with E-state index in [1.807, 2.05) is 24.3 Å². The Hall–Kier alpha value is -2.82. The van der Waals surface area contributed by atoms with Crippen LogP contribution in [0.3, 0.4) is 0 Å². The summed E-state index contributed by atoms with van der Waals surface area (Å²) in [7, 11) is 0. The fourth-order valence-corrected chi connectivity index (χ4v) is 3.96. The number of rotatable bonds is 2. The van der Waals surface area contributed by atoms with Crippen LogP contribution in [0.5, 0.6) is 0 Å². The minimum absolute atomic E-state index is 0.0116. The van der Waals surface area contributed by atoms with E-state index in [1.165, 1.54) is 11.1 Å². The maximum absolute atomic E-state index is 12.9. The van der Waals surface area contributed by atoms with Gasteiger partial charge in [-0.1, -0.05) is 48.5 Å². The molecule has 5 heteroatoms. The van der Waals surface area contributed by atoms with E-state index in [1.54, 1.807) is 4.90 Å². The van der Waals surface area contributed by atoms with Gasteiger partial charge < -0.3 is 16.0 Å². The summed E-state index contributed by atoms with van der Waals surface area (Å²) in [5, 5.41) is 3.20. The first kappa shape index (κ1) is 15.7. The summed E-state index contributed by atoms with van der Waals surface area (Å²) < 4.78 is 0. The predicted octanol–water partition coefficient (Wildman–Crippen LogP) is 2.66. The number of benzene rings is 2. The molecule has 1 aliphatic carbocycles. The number of nitrogens with two attached hydrogens (primary N) is 1. The summed E-state index contributed by atoms with van der Waals surface area (Å²) in [6, 6.07) is 15.8. The predicted molar refractivity (Wildman–Crippen MR) is 95.7 cm³/mol. The molecule has 5 nitrogen and oxygen atoms in total. The number of urea groups is 1. The highest BCUT2D eigenvalue weighted by molar-refractivity contribution is 5.85. The molecule has 2 aromatic rings. The molecule has 0 unspecified atom stereocenters. The lowest BCUT2D eigenvalue weighted by molar-refractivity contribution is -0.126. The van der Waals surface area contributed by atoms with Crippen LogP contribution in [0.25, 0.3) is 11.1 Å². The van der Waals surface area contributed by atoms with E-state index < -0.39 is 6.03 Å². The van der Waals surface area contributed by atoms with Gasteiger partial charge in [0.25, 0.3) is 0 Å². The van der Waals surface area contributed by atoms with Crippen molar-refractivity contribution in [3.8, 4) is 11.1 Å². The summed E-state index contributed by atoms with van der Waals surface area (Å²) in [6.45, 7) is 1.03. The van der Waals surface area contributed by atoms with Crippen molar-refractivity contribution in [1.29, 1.82) is 0 Å². The Labute approximate surface area is 146 Å². The number of nitrogens with zero attached hydrogens (tertiary/aromatic N) is 1. The Morgan fingerprint density at radius 3 is 2.20 bits per heavy atom. The molecule has 0 aromatic heterocycles. The van der Waals surface area contributed by atoms with Gasteiger partial charge in [0.2, 0.25) is 5.91 Å². The number of amides is 3. The van der Waals surface area contributed by atoms with Crippen LogP contribution in [-0.2, 0) is 4.79 Å². The van der Waals surface area contributed by atoms with Gasteiger partial charge in [0.05, 0.1) is 12.0 Å². The smallest absolute Gasteiger partial charge is 0.314 e. The van der Waals surface area contributed by atoms with Gasteiger partial charge in [-0.05, 0) is 35.1 Å². The highest BCUT2D eigenvalue weighted by Crippen LogP contribution is 2.43. The lowest BCUT2D eigenvalue weighted by Crippen LogP contribution is -2.47. The number of hydrogen-bond donors (Lipinski definition) is 2. The Morgan fingerprint density at radius 2 is 1.60 bits per heavy atom. The number of carbonyl (C=O) groups excluding carboxylic acids is 2. The average Bonchev–Trinajstić information content (AvgIpc) is 2.96. The van der Waals surface area contributed by atoms with Gasteiger partial charge in [0, 0.05) is 13.1 Å². The van der Waals surface area contributed by atoms with Crippen LogP contribution in [0.4, 0.5) is 4.79 Å². The molecule has 0 radical (unpaired) electrons. The second kappa shape index (κ2) is 6.24. The van der Waals surface area contributed by atoms with Gasteiger partial charge in [-0.3, -0.25) is 4.79 Å². The van der Waals surface area contributed by atoms with E-state index in [0.29, 0.717) is 13.1 Å². The first-order chi connectivity index (χ1) is 12.1. The highest BCUT2D eigenvalue weighted by atomic mass is 16.2. The van der Waals surface area contributed by atoms with E-state index in [0.717, 1.165) is 24.0 Å². The molecule has 0 spiro atoms. The number of carbonyl (C=O) groups is 2. The summed E-state index contributed by atoms with van der Waals surface area (Å²) in [5.74, 6) is -0.219. The average molecular weight is 335 g/mol. The fourth-order valence-electron chi connectivity index (χ4n) is 3.96. The van der Waals surface area contributed by atoms with E-state index in [4.69, 9.17) is 5.73 Å². The third kappa shape index (κ3) is 2.76. The summed E-state index contributed by atoms with van der Waals surface area (Å²) in [5.41, 5.74) is 9.97. The molecule has 128 valence electrons. The molecule has 2 aromatic carbocycles. The zero-order valence-corrected chi connectivity index (χ0v) is 13.9. The van der Waals surface area contributed by atoms with E-state index in [2.05, 4.69) is 29.6 Å². The number of piperidine rings is 1. The molecule has 25 heavy (non-hydrogen) atoms. The molecule has 1 saturated heterocycles. The zero-order valence-electron chi connectivity index (χ0n) is 13.9. The first-order valence-corrected chi connectivity index (χ1v) is 8.68. The van der Waals surface area contributed by atoms with Crippen molar-refractivity contribution in [2.45, 2.75) is 18.9 Å². The Kier molecular flexibility index (Phi) is 3.92. The van der Waals surface area contributed by atoms with Crippen LogP contribution in [0.1, 0.15) is 30.0 Å². The molecule has 0 bridgehead atoms. The molecule has 1 atom stereocenters. The molecule has 2 aliphatic rings. The maximum Gasteiger partial charge on any atom is 0.314 e. The van der Waals surface area contributed by atoms with Crippen LogP contribution in [0.2, 0.25) is 0 Å². The van der Waals surface area contributed by atoms with Gasteiger partial charge in [0.15, 0.2) is 0 Å². The number of nitrogens with one attached hydrogen (secondary N) is 1. The van der Waals surface area contributed by atoms with E-state index in [9.17, 15) is 9.59 Å². The lowest BCUT2D eigenvalue weighted by atomic mass is 9.96. The van der Waals surface area contributed by atoms with Crippen LogP contribution in [0.15, 0.2) is 48.5 Å². The monoisotopic (exact) mass is 335 g/mol. The van der Waals surface area contributed by atoms with E-state index in [-0.39, 0.29) is 17.9 Å². The van der Waals surface area contributed by atoms with Crippen molar-refractivity contribution in [1.82, 2.24) is 10.2 Å². The largest absolute Gasteiger partial charge is 0.351 e. The van der Waals surface area contributed by atoms with Gasteiger partial charge in [-0.25, -0.2) is 4.79 Å². The summed E-state index contributed by atoms with van der Waals surface area (Å²) in [4.78, 5) is 25.8. The summed E-state index contributed by atoms with van der Waals surface area (Å²) in [6.07, 6.45) is 1.59. The van der Waals surface area contributed by atoms with Crippen molar-refractivity contribution >= 4 is 11.9 Å². The van der Waals surface area contributed by atoms with Crippen molar-refractivity contribution < 1.29 is 9.59 Å². The molecule has 3 N–H and O–H groups in total. The van der Waals surface area contributed by atoms with Crippen LogP contribution < -0.4 is 11.1 Å². The highest BCUT2D eigenvalue weighted by Gasteiger charge is 2.33. The molecule has 1 aliphatic heterocycles. The Morgan fingerprint density at radius 1 is 1.00 bits per heavy atom. The minimum atomic E-state index is -0.450. The van der Waals surface area contributed by atoms with Gasteiger partial charge in [-0.2, -0.15) is 0 Å². The molecular formula is C20H21N3O2. The van der Waals surface area contributed by atoms with Crippen LogP contribution in [-0.4, -0.2) is 29.9 Å². The third-order valence-electron chi connectivity index (χ3n) is 5.22. The molecular weight excluding hydrogens is 314 g/mol. The normalized spacial score (nSPS) is 19.2. The first-order valence-electron chi connectivity index (χ1n) is 8.68. The molecule has 4 rings (SSSR count). The Bertz CT molecular complexity index is 788. The minimum Gasteiger partial charge on any atom is -0.351 e. The topological polar surface area (TPSA) is 75.4 Å². The van der Waals surface area contributed by atoms with Crippen molar-refractivity contribution in [3.05, 3.63) is 59.7 Å². The quantitative estimate of drug-likeness (QED) is 0.885. The van der Waals surface area contributed by atoms with Crippen molar-refractivity contribution in [2.75, 3.05) is 13.1 Å². The zero-order chi connectivity index (χ0) is 17.4. The summed E-state index contributed by atoms with van der Waals surface area (Å²) >= 11 is 0. The van der Waals surface area contributed by atoms with Gasteiger partial charge in [0.1, 0.15) is 0 Å².